The van der Waals surface area contributed by atoms with Gasteiger partial charge in [0.15, 0.2) is 12.3 Å². The van der Waals surface area contributed by atoms with Crippen molar-refractivity contribution in [2.24, 2.45) is 0 Å². The molecule has 17 heavy (non-hydrogen) atoms. The summed E-state index contributed by atoms with van der Waals surface area (Å²) >= 11 is 3.40. The summed E-state index contributed by atoms with van der Waals surface area (Å²) < 4.78 is 6.75. The minimum absolute atomic E-state index is 0.453. The summed E-state index contributed by atoms with van der Waals surface area (Å²) in [6.45, 7) is 1.15. The van der Waals surface area contributed by atoms with Crippen LogP contribution < -0.4 is 5.32 Å². The molecule has 0 aliphatic heterocycles. The van der Waals surface area contributed by atoms with Gasteiger partial charge in [-0.2, -0.15) is 5.26 Å². The third-order valence-electron chi connectivity index (χ3n) is 2.37. The van der Waals surface area contributed by atoms with E-state index >= 15 is 0 Å². The molecule has 0 aliphatic rings. The highest BCUT2D eigenvalue weighted by Gasteiger charge is 2.05. The van der Waals surface area contributed by atoms with Crippen LogP contribution in [0, 0.1) is 11.3 Å². The molecule has 0 spiro atoms. The number of hydrogen-bond acceptors (Lipinski definition) is 2. The second-order valence-corrected chi connectivity index (χ2v) is 4.54. The lowest BCUT2D eigenvalue weighted by molar-refractivity contribution is -0.662. The normalized spacial score (nSPS) is 10.1. The number of furan rings is 1. The van der Waals surface area contributed by atoms with Crippen LogP contribution in [0.1, 0.15) is 5.76 Å². The van der Waals surface area contributed by atoms with E-state index in [-0.39, 0.29) is 0 Å². The lowest BCUT2D eigenvalue weighted by Crippen LogP contribution is -2.82. The third-order valence-corrected chi connectivity index (χ3v) is 2.90. The minimum atomic E-state index is 0.453. The monoisotopic (exact) mass is 291 g/mol. The van der Waals surface area contributed by atoms with Crippen molar-refractivity contribution in [2.45, 2.75) is 6.54 Å². The van der Waals surface area contributed by atoms with E-state index in [9.17, 15) is 0 Å². The second kappa shape index (κ2) is 5.67. The molecule has 86 valence electrons. The average Bonchev–Trinajstić information content (AvgIpc) is 2.79. The molecule has 0 fully saturated rings. The van der Waals surface area contributed by atoms with Gasteiger partial charge in [0.25, 0.3) is 0 Å². The van der Waals surface area contributed by atoms with E-state index in [1.54, 1.807) is 0 Å². The van der Waals surface area contributed by atoms with Crippen LogP contribution in [0.15, 0.2) is 45.3 Å². The van der Waals surface area contributed by atoms with Crippen LogP contribution in [0.2, 0.25) is 0 Å². The van der Waals surface area contributed by atoms with Crippen molar-refractivity contribution in [1.29, 1.82) is 5.26 Å². The molecule has 0 amide bonds. The summed E-state index contributed by atoms with van der Waals surface area (Å²) in [6, 6.07) is 14.0. The van der Waals surface area contributed by atoms with Crippen LogP contribution in [-0.2, 0) is 6.54 Å². The summed E-state index contributed by atoms with van der Waals surface area (Å²) in [7, 11) is 0. The fourth-order valence-corrected chi connectivity index (χ4v) is 1.80. The molecule has 0 atom stereocenters. The van der Waals surface area contributed by atoms with Gasteiger partial charge >= 0.3 is 0 Å². The Labute approximate surface area is 108 Å². The summed E-state index contributed by atoms with van der Waals surface area (Å²) in [4.78, 5) is 0. The first-order valence-corrected chi connectivity index (χ1v) is 6.12. The van der Waals surface area contributed by atoms with Gasteiger partial charge in [0.1, 0.15) is 18.4 Å². The van der Waals surface area contributed by atoms with Crippen molar-refractivity contribution in [1.82, 2.24) is 0 Å². The first-order chi connectivity index (χ1) is 8.29. The van der Waals surface area contributed by atoms with Crippen molar-refractivity contribution < 1.29 is 9.73 Å². The molecule has 0 saturated heterocycles. The fraction of sp³-hybridized carbons (Fsp3) is 0.154. The van der Waals surface area contributed by atoms with Gasteiger partial charge in [-0.15, -0.1) is 0 Å². The van der Waals surface area contributed by atoms with E-state index in [2.05, 4.69) is 22.0 Å². The van der Waals surface area contributed by atoms with E-state index in [1.165, 1.54) is 0 Å². The Kier molecular flexibility index (Phi) is 3.97. The molecule has 0 saturated carbocycles. The van der Waals surface area contributed by atoms with Gasteiger partial charge in [0.2, 0.25) is 0 Å². The van der Waals surface area contributed by atoms with Crippen molar-refractivity contribution >= 4 is 15.9 Å². The number of quaternary nitrogens is 1. The molecule has 0 bridgehead atoms. The predicted octanol–water partition coefficient (Wildman–Crippen LogP) is 2.30. The SMILES string of the molecule is N#CC[NH2+]Cc1ccc(-c2ccc(Br)cc2)o1. The maximum Gasteiger partial charge on any atom is 0.163 e. The number of benzene rings is 1. The summed E-state index contributed by atoms with van der Waals surface area (Å²) in [5.41, 5.74) is 1.06. The Hall–Kier alpha value is -1.57. The molecular formula is C13H12BrN2O+. The highest BCUT2D eigenvalue weighted by molar-refractivity contribution is 9.10. The Morgan fingerprint density at radius 3 is 2.65 bits per heavy atom. The highest BCUT2D eigenvalue weighted by atomic mass is 79.9. The van der Waals surface area contributed by atoms with Crippen LogP contribution in [0.4, 0.5) is 0 Å². The Balaban J connectivity index is 2.08. The molecular weight excluding hydrogens is 280 g/mol. The molecule has 0 unspecified atom stereocenters. The van der Waals surface area contributed by atoms with Crippen molar-refractivity contribution in [2.75, 3.05) is 6.54 Å². The molecule has 1 heterocycles. The van der Waals surface area contributed by atoms with Crippen molar-refractivity contribution in [3.05, 3.63) is 46.6 Å². The fourth-order valence-electron chi connectivity index (χ4n) is 1.54. The van der Waals surface area contributed by atoms with E-state index < -0.39 is 0 Å². The smallest absolute Gasteiger partial charge is 0.163 e. The molecule has 1 aromatic heterocycles. The number of nitrogens with zero attached hydrogens (tertiary/aromatic N) is 1. The van der Waals surface area contributed by atoms with Crippen LogP contribution in [0.25, 0.3) is 11.3 Å². The van der Waals surface area contributed by atoms with Gasteiger partial charge in [-0.3, -0.25) is 0 Å². The maximum absolute atomic E-state index is 8.44. The third kappa shape index (κ3) is 3.19. The van der Waals surface area contributed by atoms with Gasteiger partial charge in [-0.05, 0) is 24.3 Å². The largest absolute Gasteiger partial charge is 0.455 e. The van der Waals surface area contributed by atoms with Crippen LogP contribution >= 0.6 is 15.9 Å². The lowest BCUT2D eigenvalue weighted by atomic mass is 10.2. The predicted molar refractivity (Wildman–Crippen MR) is 68.0 cm³/mol. The van der Waals surface area contributed by atoms with Crippen LogP contribution in [-0.4, -0.2) is 6.54 Å². The quantitative estimate of drug-likeness (QED) is 0.694. The Morgan fingerprint density at radius 2 is 1.94 bits per heavy atom. The molecule has 2 rings (SSSR count). The lowest BCUT2D eigenvalue weighted by Gasteiger charge is -1.97. The van der Waals surface area contributed by atoms with Gasteiger partial charge in [-0.1, -0.05) is 28.1 Å². The van der Waals surface area contributed by atoms with Crippen molar-refractivity contribution in [3.63, 3.8) is 0 Å². The molecule has 0 aliphatic carbocycles. The van der Waals surface area contributed by atoms with Gasteiger partial charge in [-0.25, -0.2) is 0 Å². The first kappa shape index (κ1) is 11.9. The number of nitriles is 1. The maximum atomic E-state index is 8.44. The zero-order valence-corrected chi connectivity index (χ0v) is 10.8. The molecule has 4 heteroatoms. The highest BCUT2D eigenvalue weighted by Crippen LogP contribution is 2.23. The molecule has 3 nitrogen and oxygen atoms in total. The summed E-state index contributed by atoms with van der Waals surface area (Å²) in [5, 5.41) is 10.3. The standard InChI is InChI=1S/C13H11BrN2O/c14-11-3-1-10(2-4-11)13-6-5-12(17-13)9-16-8-7-15/h1-6,16H,8-9H2/p+1. The molecule has 2 aromatic rings. The Morgan fingerprint density at radius 1 is 1.18 bits per heavy atom. The van der Waals surface area contributed by atoms with E-state index in [1.807, 2.05) is 41.7 Å². The summed E-state index contributed by atoms with van der Waals surface area (Å²) in [5.74, 6) is 1.75. The number of hydrogen-bond donors (Lipinski definition) is 1. The molecule has 2 N–H and O–H groups in total. The minimum Gasteiger partial charge on any atom is -0.455 e. The molecule has 0 radical (unpaired) electrons. The van der Waals surface area contributed by atoms with E-state index in [0.29, 0.717) is 13.1 Å². The van der Waals surface area contributed by atoms with Gasteiger partial charge < -0.3 is 9.73 Å². The first-order valence-electron chi connectivity index (χ1n) is 5.33. The Bertz CT molecular complexity index is 525. The van der Waals surface area contributed by atoms with E-state index in [4.69, 9.17) is 9.68 Å². The summed E-state index contributed by atoms with van der Waals surface area (Å²) in [6.07, 6.45) is 0. The average molecular weight is 292 g/mol. The van der Waals surface area contributed by atoms with Crippen LogP contribution in [0.3, 0.4) is 0 Å². The zero-order chi connectivity index (χ0) is 12.1. The number of nitrogens with two attached hydrogens (primary N) is 1. The number of halogens is 1. The van der Waals surface area contributed by atoms with Crippen LogP contribution in [0.5, 0.6) is 0 Å². The molecule has 1 aromatic carbocycles. The second-order valence-electron chi connectivity index (χ2n) is 3.63. The number of rotatable bonds is 4. The topological polar surface area (TPSA) is 53.5 Å². The zero-order valence-electron chi connectivity index (χ0n) is 9.19. The van der Waals surface area contributed by atoms with E-state index in [0.717, 1.165) is 21.6 Å². The van der Waals surface area contributed by atoms with Gasteiger partial charge in [0.05, 0.1) is 0 Å². The van der Waals surface area contributed by atoms with Crippen molar-refractivity contribution in [3.8, 4) is 17.4 Å². The van der Waals surface area contributed by atoms with Gasteiger partial charge in [0, 0.05) is 10.0 Å².